The van der Waals surface area contributed by atoms with E-state index in [1.165, 1.54) is 12.1 Å². The van der Waals surface area contributed by atoms with Crippen molar-refractivity contribution in [2.75, 3.05) is 13.6 Å². The molecule has 0 aliphatic heterocycles. The van der Waals surface area contributed by atoms with Gasteiger partial charge in [0.15, 0.2) is 0 Å². The third kappa shape index (κ3) is 4.84. The van der Waals surface area contributed by atoms with Gasteiger partial charge < -0.3 is 9.73 Å². The maximum atomic E-state index is 12.2. The summed E-state index contributed by atoms with van der Waals surface area (Å²) in [6.45, 7) is 5.38. The van der Waals surface area contributed by atoms with Gasteiger partial charge in [-0.05, 0) is 32.9 Å². The number of halogens is 2. The van der Waals surface area contributed by atoms with Gasteiger partial charge in [-0.2, -0.15) is 4.31 Å². The minimum absolute atomic E-state index is 0.141. The highest BCUT2D eigenvalue weighted by Gasteiger charge is 2.27. The molecule has 0 fully saturated rings. The highest BCUT2D eigenvalue weighted by Crippen LogP contribution is 2.19. The lowest BCUT2D eigenvalue weighted by molar-refractivity contribution is 0.126. The van der Waals surface area contributed by atoms with Gasteiger partial charge in [-0.3, -0.25) is 0 Å². The van der Waals surface area contributed by atoms with Crippen molar-refractivity contribution in [2.45, 2.75) is 44.4 Å². The Balaban J connectivity index is 2.80. The predicted octanol–water partition coefficient (Wildman–Crippen LogP) is 2.05. The largest absolute Gasteiger partial charge is 0.447 e. The van der Waals surface area contributed by atoms with Crippen LogP contribution in [0, 0.1) is 0 Å². The first-order chi connectivity index (χ1) is 9.02. The molecule has 0 radical (unpaired) electrons. The van der Waals surface area contributed by atoms with E-state index in [9.17, 15) is 17.2 Å². The summed E-state index contributed by atoms with van der Waals surface area (Å²) in [5, 5.41) is 2.81. The van der Waals surface area contributed by atoms with Crippen LogP contribution in [-0.4, -0.2) is 38.3 Å². The van der Waals surface area contributed by atoms with E-state index in [0.717, 1.165) is 7.05 Å². The maximum absolute atomic E-state index is 12.2. The Hall–Kier alpha value is -0.990. The second-order valence-corrected chi connectivity index (χ2v) is 7.48. The lowest BCUT2D eigenvalue weighted by atomic mass is 10.1. The fourth-order valence-corrected chi connectivity index (χ4v) is 2.46. The van der Waals surface area contributed by atoms with E-state index in [4.69, 9.17) is 4.42 Å². The molecule has 1 aromatic rings. The van der Waals surface area contributed by atoms with Crippen LogP contribution in [0.5, 0.6) is 0 Å². The van der Waals surface area contributed by atoms with E-state index >= 15 is 0 Å². The van der Waals surface area contributed by atoms with Gasteiger partial charge in [0.1, 0.15) is 5.76 Å². The third-order valence-electron chi connectivity index (χ3n) is 2.49. The van der Waals surface area contributed by atoms with Crippen LogP contribution in [-0.2, 0) is 16.6 Å². The number of sulfonamides is 1. The van der Waals surface area contributed by atoms with Crippen molar-refractivity contribution >= 4 is 10.0 Å². The van der Waals surface area contributed by atoms with E-state index in [1.807, 2.05) is 20.8 Å². The number of nitrogens with one attached hydrogen (secondary N) is 1. The summed E-state index contributed by atoms with van der Waals surface area (Å²) in [7, 11) is -2.91. The third-order valence-corrected chi connectivity index (χ3v) is 4.19. The number of hydrogen-bond donors (Lipinski definition) is 1. The molecule has 116 valence electrons. The Morgan fingerprint density at radius 1 is 1.35 bits per heavy atom. The Kier molecular flexibility index (Phi) is 5.28. The zero-order valence-electron chi connectivity index (χ0n) is 12.0. The molecule has 0 spiro atoms. The van der Waals surface area contributed by atoms with Crippen LogP contribution in [0.1, 0.15) is 26.5 Å². The number of hydrogen-bond acceptors (Lipinski definition) is 4. The zero-order valence-corrected chi connectivity index (χ0v) is 12.8. The van der Waals surface area contributed by atoms with E-state index in [2.05, 4.69) is 5.32 Å². The monoisotopic (exact) mass is 310 g/mol. The predicted molar refractivity (Wildman–Crippen MR) is 71.1 cm³/mol. The van der Waals surface area contributed by atoms with Crippen LogP contribution >= 0.6 is 0 Å². The maximum Gasteiger partial charge on any atom is 0.276 e. The molecular weight excluding hydrogens is 290 g/mol. The molecule has 1 heterocycles. The van der Waals surface area contributed by atoms with Crippen molar-refractivity contribution in [3.8, 4) is 0 Å². The van der Waals surface area contributed by atoms with Crippen molar-refractivity contribution in [1.29, 1.82) is 0 Å². The first kappa shape index (κ1) is 17.1. The summed E-state index contributed by atoms with van der Waals surface area (Å²) < 4.78 is 54.2. The average Bonchev–Trinajstić information content (AvgIpc) is 2.73. The van der Waals surface area contributed by atoms with Crippen LogP contribution in [0.3, 0.4) is 0 Å². The quantitative estimate of drug-likeness (QED) is 0.873. The normalized spacial score (nSPS) is 13.4. The SMILES string of the molecule is CN(CC(F)F)S(=O)(=O)c1ccc(CNC(C)(C)C)o1. The molecule has 1 rings (SSSR count). The lowest BCUT2D eigenvalue weighted by Gasteiger charge is -2.19. The van der Waals surface area contributed by atoms with Crippen LogP contribution in [0.2, 0.25) is 0 Å². The van der Waals surface area contributed by atoms with Crippen molar-refractivity contribution in [3.63, 3.8) is 0 Å². The van der Waals surface area contributed by atoms with Gasteiger partial charge >= 0.3 is 0 Å². The number of furan rings is 1. The minimum atomic E-state index is -4.01. The lowest BCUT2D eigenvalue weighted by Crippen LogP contribution is -2.34. The standard InChI is InChI=1S/C12H20F2N2O3S/c1-12(2,3)15-7-9-5-6-11(19-9)20(17,18)16(4)8-10(13)14/h5-6,10,15H,7-8H2,1-4H3. The molecule has 0 saturated carbocycles. The van der Waals surface area contributed by atoms with Gasteiger partial charge in [-0.1, -0.05) is 0 Å². The highest BCUT2D eigenvalue weighted by molar-refractivity contribution is 7.89. The van der Waals surface area contributed by atoms with E-state index in [0.29, 0.717) is 16.6 Å². The molecule has 20 heavy (non-hydrogen) atoms. The Morgan fingerprint density at radius 2 is 1.95 bits per heavy atom. The zero-order chi connectivity index (χ0) is 15.6. The van der Waals surface area contributed by atoms with Crippen LogP contribution < -0.4 is 5.32 Å². The summed E-state index contributed by atoms with van der Waals surface area (Å²) in [5.74, 6) is 0.434. The van der Waals surface area contributed by atoms with Crippen LogP contribution in [0.25, 0.3) is 0 Å². The molecule has 0 unspecified atom stereocenters. The van der Waals surface area contributed by atoms with Gasteiger partial charge in [0.2, 0.25) is 5.09 Å². The van der Waals surface area contributed by atoms with Crippen LogP contribution in [0.4, 0.5) is 8.78 Å². The molecule has 0 amide bonds. The summed E-state index contributed by atoms with van der Waals surface area (Å²) >= 11 is 0. The Bertz CT molecular complexity index is 535. The molecule has 0 aliphatic rings. The molecule has 0 saturated heterocycles. The fraction of sp³-hybridized carbons (Fsp3) is 0.667. The second-order valence-electron chi connectivity index (χ2n) is 5.50. The van der Waals surface area contributed by atoms with E-state index in [-0.39, 0.29) is 10.6 Å². The second kappa shape index (κ2) is 6.19. The van der Waals surface area contributed by atoms with Gasteiger partial charge in [0, 0.05) is 12.6 Å². The first-order valence-electron chi connectivity index (χ1n) is 6.10. The van der Waals surface area contributed by atoms with Gasteiger partial charge in [-0.25, -0.2) is 17.2 Å². The average molecular weight is 310 g/mol. The summed E-state index contributed by atoms with van der Waals surface area (Å²) in [4.78, 5) is 0. The summed E-state index contributed by atoms with van der Waals surface area (Å²) in [5.41, 5.74) is -0.141. The number of rotatable bonds is 6. The highest BCUT2D eigenvalue weighted by atomic mass is 32.2. The number of alkyl halides is 2. The van der Waals surface area contributed by atoms with Crippen molar-refractivity contribution in [2.24, 2.45) is 0 Å². The van der Waals surface area contributed by atoms with Crippen LogP contribution in [0.15, 0.2) is 21.6 Å². The van der Waals surface area contributed by atoms with Crippen molar-refractivity contribution in [3.05, 3.63) is 17.9 Å². The summed E-state index contributed by atoms with van der Waals surface area (Å²) in [6, 6.07) is 2.79. The first-order valence-corrected chi connectivity index (χ1v) is 7.54. The smallest absolute Gasteiger partial charge is 0.276 e. The minimum Gasteiger partial charge on any atom is -0.447 e. The molecule has 0 atom stereocenters. The van der Waals surface area contributed by atoms with Crippen molar-refractivity contribution < 1.29 is 21.6 Å². The fourth-order valence-electron chi connectivity index (χ4n) is 1.39. The Labute approximate surface area is 118 Å². The molecule has 1 aromatic heterocycles. The molecule has 8 heteroatoms. The van der Waals surface area contributed by atoms with Crippen molar-refractivity contribution in [1.82, 2.24) is 9.62 Å². The summed E-state index contributed by atoms with van der Waals surface area (Å²) in [6.07, 6.45) is -2.73. The molecule has 1 N–H and O–H groups in total. The number of nitrogens with zero attached hydrogens (tertiary/aromatic N) is 1. The topological polar surface area (TPSA) is 62.6 Å². The van der Waals surface area contributed by atoms with E-state index < -0.39 is 23.0 Å². The molecular formula is C12H20F2N2O3S. The molecule has 0 aromatic carbocycles. The van der Waals surface area contributed by atoms with Gasteiger partial charge in [-0.15, -0.1) is 0 Å². The van der Waals surface area contributed by atoms with Gasteiger partial charge in [0.05, 0.1) is 13.1 Å². The molecule has 0 bridgehead atoms. The van der Waals surface area contributed by atoms with Gasteiger partial charge in [0.25, 0.3) is 16.4 Å². The molecule has 5 nitrogen and oxygen atoms in total. The Morgan fingerprint density at radius 3 is 2.45 bits per heavy atom. The van der Waals surface area contributed by atoms with E-state index in [1.54, 1.807) is 0 Å². The molecule has 0 aliphatic carbocycles.